The Morgan fingerprint density at radius 2 is 1.65 bits per heavy atom. The van der Waals surface area contributed by atoms with E-state index in [2.05, 4.69) is 10.6 Å². The summed E-state index contributed by atoms with van der Waals surface area (Å²) in [6.45, 7) is -0.0842. The van der Waals surface area contributed by atoms with E-state index in [1.165, 1.54) is 32.1 Å². The predicted octanol–water partition coefficient (Wildman–Crippen LogP) is 2.84. The predicted molar refractivity (Wildman–Crippen MR) is 88.8 cm³/mol. The zero-order valence-electron chi connectivity index (χ0n) is 13.4. The molecule has 1 unspecified atom stereocenters. The summed E-state index contributed by atoms with van der Waals surface area (Å²) in [5.74, 6) is 3.16. The molecule has 23 heavy (non-hydrogen) atoms. The molecule has 2 amide bonds. The van der Waals surface area contributed by atoms with Crippen LogP contribution in [0, 0.1) is 23.7 Å². The molecule has 4 saturated carbocycles. The van der Waals surface area contributed by atoms with Crippen molar-refractivity contribution in [3.63, 3.8) is 0 Å². The molecule has 4 aliphatic carbocycles. The van der Waals surface area contributed by atoms with E-state index in [1.807, 2.05) is 30.3 Å². The van der Waals surface area contributed by atoms with E-state index in [0.717, 1.165) is 17.4 Å². The maximum absolute atomic E-state index is 12.4. The normalized spacial score (nSPS) is 35.8. The first-order valence-corrected chi connectivity index (χ1v) is 8.95. The monoisotopic (exact) mass is 314 g/mol. The van der Waals surface area contributed by atoms with Gasteiger partial charge in [0.05, 0.1) is 12.6 Å². The van der Waals surface area contributed by atoms with Crippen molar-refractivity contribution in [1.29, 1.82) is 0 Å². The zero-order chi connectivity index (χ0) is 15.8. The fraction of sp³-hybridized carbons (Fsp3) is 0.632. The van der Waals surface area contributed by atoms with Gasteiger partial charge in [-0.15, -0.1) is 0 Å². The van der Waals surface area contributed by atoms with E-state index in [9.17, 15) is 9.90 Å². The third kappa shape index (κ3) is 2.97. The lowest BCUT2D eigenvalue weighted by Crippen LogP contribution is -2.57. The summed E-state index contributed by atoms with van der Waals surface area (Å²) in [6, 6.07) is 9.52. The molecule has 4 fully saturated rings. The summed E-state index contributed by atoms with van der Waals surface area (Å²) in [4.78, 5) is 12.4. The van der Waals surface area contributed by atoms with Crippen molar-refractivity contribution < 1.29 is 9.90 Å². The number of urea groups is 1. The molecular formula is C19H26N2O2. The molecular weight excluding hydrogens is 288 g/mol. The van der Waals surface area contributed by atoms with Gasteiger partial charge in [-0.2, -0.15) is 0 Å². The summed E-state index contributed by atoms with van der Waals surface area (Å²) in [5.41, 5.74) is 0.940. The van der Waals surface area contributed by atoms with Crippen molar-refractivity contribution in [2.75, 3.05) is 6.61 Å². The largest absolute Gasteiger partial charge is 0.394 e. The molecule has 4 aliphatic rings. The molecule has 4 heteroatoms. The lowest BCUT2D eigenvalue weighted by atomic mass is 9.54. The van der Waals surface area contributed by atoms with Crippen LogP contribution in [0.15, 0.2) is 30.3 Å². The van der Waals surface area contributed by atoms with Gasteiger partial charge < -0.3 is 15.7 Å². The third-order valence-electron chi connectivity index (χ3n) is 6.21. The van der Waals surface area contributed by atoms with Crippen LogP contribution in [0.3, 0.4) is 0 Å². The van der Waals surface area contributed by atoms with Gasteiger partial charge in [0.2, 0.25) is 0 Å². The standard InChI is InChI=1S/C19H26N2O2/c22-11-17(14-4-2-1-3-5-14)20-19(23)21-18-15-7-12-6-13(9-15)10-16(18)8-12/h1-5,12-13,15-18,22H,6-11H2,(H2,20,21,23). The molecule has 0 aliphatic heterocycles. The lowest BCUT2D eigenvalue weighted by Gasteiger charge is -2.54. The number of hydrogen-bond donors (Lipinski definition) is 3. The maximum Gasteiger partial charge on any atom is 0.315 e. The van der Waals surface area contributed by atoms with Crippen LogP contribution in [0.25, 0.3) is 0 Å². The van der Waals surface area contributed by atoms with Gasteiger partial charge in [-0.05, 0) is 61.3 Å². The van der Waals surface area contributed by atoms with Crippen molar-refractivity contribution >= 4 is 6.03 Å². The second-order valence-electron chi connectivity index (χ2n) is 7.72. The van der Waals surface area contributed by atoms with Crippen molar-refractivity contribution in [3.8, 4) is 0 Å². The molecule has 0 spiro atoms. The number of carbonyl (C=O) groups is 1. The number of amides is 2. The summed E-state index contributed by atoms with van der Waals surface area (Å²) in [6.07, 6.45) is 6.59. The Labute approximate surface area is 137 Å². The van der Waals surface area contributed by atoms with Crippen molar-refractivity contribution in [1.82, 2.24) is 10.6 Å². The molecule has 0 radical (unpaired) electrons. The minimum absolute atomic E-state index is 0.0842. The smallest absolute Gasteiger partial charge is 0.315 e. The van der Waals surface area contributed by atoms with Gasteiger partial charge in [0.25, 0.3) is 0 Å². The first-order valence-electron chi connectivity index (χ1n) is 8.95. The highest BCUT2D eigenvalue weighted by atomic mass is 16.3. The van der Waals surface area contributed by atoms with Crippen LogP contribution >= 0.6 is 0 Å². The van der Waals surface area contributed by atoms with E-state index in [-0.39, 0.29) is 18.7 Å². The topological polar surface area (TPSA) is 61.4 Å². The van der Waals surface area contributed by atoms with Gasteiger partial charge >= 0.3 is 6.03 Å². The highest BCUT2D eigenvalue weighted by Crippen LogP contribution is 2.53. The molecule has 4 bridgehead atoms. The molecule has 0 heterocycles. The Morgan fingerprint density at radius 3 is 2.22 bits per heavy atom. The fourth-order valence-electron chi connectivity index (χ4n) is 5.43. The van der Waals surface area contributed by atoms with E-state index in [1.54, 1.807) is 0 Å². The second-order valence-corrected chi connectivity index (χ2v) is 7.72. The highest BCUT2D eigenvalue weighted by Gasteiger charge is 2.48. The maximum atomic E-state index is 12.4. The van der Waals surface area contributed by atoms with Crippen LogP contribution < -0.4 is 10.6 Å². The van der Waals surface area contributed by atoms with Crippen LogP contribution in [-0.4, -0.2) is 23.8 Å². The van der Waals surface area contributed by atoms with E-state index < -0.39 is 0 Å². The van der Waals surface area contributed by atoms with Gasteiger partial charge in [-0.1, -0.05) is 30.3 Å². The quantitative estimate of drug-likeness (QED) is 0.800. The molecule has 0 saturated heterocycles. The zero-order valence-corrected chi connectivity index (χ0v) is 13.4. The minimum atomic E-state index is -0.340. The van der Waals surface area contributed by atoms with E-state index in [4.69, 9.17) is 0 Å². The molecule has 1 aromatic rings. The van der Waals surface area contributed by atoms with E-state index >= 15 is 0 Å². The minimum Gasteiger partial charge on any atom is -0.394 e. The molecule has 1 atom stereocenters. The third-order valence-corrected chi connectivity index (χ3v) is 6.21. The summed E-state index contributed by atoms with van der Waals surface area (Å²) in [7, 11) is 0. The van der Waals surface area contributed by atoms with Crippen molar-refractivity contribution in [3.05, 3.63) is 35.9 Å². The average molecular weight is 314 g/mol. The molecule has 124 valence electrons. The molecule has 1 aromatic carbocycles. The van der Waals surface area contributed by atoms with Crippen LogP contribution in [0.4, 0.5) is 4.79 Å². The lowest BCUT2D eigenvalue weighted by molar-refractivity contribution is -0.00959. The number of hydrogen-bond acceptors (Lipinski definition) is 2. The molecule has 5 rings (SSSR count). The Bertz CT molecular complexity index is 532. The average Bonchev–Trinajstić information content (AvgIpc) is 2.56. The van der Waals surface area contributed by atoms with Crippen LogP contribution in [-0.2, 0) is 0 Å². The van der Waals surface area contributed by atoms with Gasteiger partial charge in [0, 0.05) is 6.04 Å². The number of benzene rings is 1. The van der Waals surface area contributed by atoms with Gasteiger partial charge in [-0.3, -0.25) is 0 Å². The Morgan fingerprint density at radius 1 is 1.04 bits per heavy atom. The second kappa shape index (κ2) is 6.16. The Hall–Kier alpha value is -1.55. The Balaban J connectivity index is 1.38. The summed E-state index contributed by atoms with van der Waals surface area (Å²) >= 11 is 0. The number of rotatable bonds is 4. The van der Waals surface area contributed by atoms with Gasteiger partial charge in [0.15, 0.2) is 0 Å². The molecule has 0 aromatic heterocycles. The summed E-state index contributed by atoms with van der Waals surface area (Å²) in [5, 5.41) is 15.8. The van der Waals surface area contributed by atoms with Gasteiger partial charge in [-0.25, -0.2) is 4.79 Å². The van der Waals surface area contributed by atoms with Crippen LogP contribution in [0.5, 0.6) is 0 Å². The van der Waals surface area contributed by atoms with Crippen LogP contribution in [0.2, 0.25) is 0 Å². The number of aliphatic hydroxyl groups excluding tert-OH is 1. The first-order chi connectivity index (χ1) is 11.2. The highest BCUT2D eigenvalue weighted by molar-refractivity contribution is 5.75. The van der Waals surface area contributed by atoms with Gasteiger partial charge in [0.1, 0.15) is 0 Å². The molecule has 3 N–H and O–H groups in total. The first kappa shape index (κ1) is 15.0. The number of nitrogens with one attached hydrogen (secondary N) is 2. The fourth-order valence-corrected chi connectivity index (χ4v) is 5.43. The Kier molecular flexibility index (Phi) is 4.02. The van der Waals surface area contributed by atoms with Crippen molar-refractivity contribution in [2.45, 2.75) is 44.2 Å². The SMILES string of the molecule is O=C(NC(CO)c1ccccc1)NC1C2CC3CC(C2)CC1C3. The number of aliphatic hydroxyl groups is 1. The van der Waals surface area contributed by atoms with Crippen molar-refractivity contribution in [2.24, 2.45) is 23.7 Å². The van der Waals surface area contributed by atoms with E-state index in [0.29, 0.717) is 17.9 Å². The molecule has 4 nitrogen and oxygen atoms in total. The van der Waals surface area contributed by atoms with Crippen LogP contribution in [0.1, 0.15) is 43.7 Å². The summed E-state index contributed by atoms with van der Waals surface area (Å²) < 4.78 is 0. The number of carbonyl (C=O) groups excluding carboxylic acids is 1.